The molecule has 0 aliphatic heterocycles. The molecule has 0 radical (unpaired) electrons. The fraction of sp³-hybridized carbons (Fsp3) is 0.364. The van der Waals surface area contributed by atoms with E-state index in [2.05, 4.69) is 0 Å². The van der Waals surface area contributed by atoms with Crippen molar-refractivity contribution in [3.8, 4) is 0 Å². The van der Waals surface area contributed by atoms with Crippen LogP contribution in [0, 0.1) is 5.82 Å². The summed E-state index contributed by atoms with van der Waals surface area (Å²) in [5.41, 5.74) is 0. The van der Waals surface area contributed by atoms with E-state index in [0.717, 1.165) is 28.6 Å². The van der Waals surface area contributed by atoms with Crippen LogP contribution < -0.4 is 0 Å². The van der Waals surface area contributed by atoms with Crippen molar-refractivity contribution < 1.29 is 27.8 Å². The lowest BCUT2D eigenvalue weighted by molar-refractivity contribution is -0.137. The molecule has 1 aromatic rings. The third-order valence-electron chi connectivity index (χ3n) is 2.38. The Bertz CT molecular complexity index is 529. The number of halogens is 1. The molecule has 6 nitrogen and oxygen atoms in total. The first-order valence-electron chi connectivity index (χ1n) is 5.46. The number of aliphatic hydroxyl groups excluding tert-OH is 1. The molecule has 19 heavy (non-hydrogen) atoms. The molecule has 0 atom stereocenters. The second-order valence-electron chi connectivity index (χ2n) is 3.73. The highest BCUT2D eigenvalue weighted by atomic mass is 32.2. The van der Waals surface area contributed by atoms with E-state index in [4.69, 9.17) is 10.2 Å². The summed E-state index contributed by atoms with van der Waals surface area (Å²) in [6.45, 7) is -0.900. The molecule has 8 heteroatoms. The average molecular weight is 291 g/mol. The van der Waals surface area contributed by atoms with Crippen molar-refractivity contribution in [2.24, 2.45) is 0 Å². The number of carboxylic acid groups (broad SMARTS) is 1. The topological polar surface area (TPSA) is 94.9 Å². The molecular formula is C11H14FNO5S. The molecule has 0 aromatic heterocycles. The first-order valence-corrected chi connectivity index (χ1v) is 6.90. The normalized spacial score (nSPS) is 11.7. The first-order chi connectivity index (χ1) is 8.87. The summed E-state index contributed by atoms with van der Waals surface area (Å²) in [5.74, 6) is -1.71. The molecule has 0 aliphatic rings. The quantitative estimate of drug-likeness (QED) is 0.752. The van der Waals surface area contributed by atoms with Crippen LogP contribution in [0.2, 0.25) is 0 Å². The summed E-state index contributed by atoms with van der Waals surface area (Å²) in [7, 11) is -3.93. The number of sulfonamides is 1. The number of hydrogen-bond donors (Lipinski definition) is 2. The number of hydrogen-bond acceptors (Lipinski definition) is 4. The molecule has 0 bridgehead atoms. The average Bonchev–Trinajstić information content (AvgIpc) is 2.34. The van der Waals surface area contributed by atoms with E-state index in [9.17, 15) is 17.6 Å². The highest BCUT2D eigenvalue weighted by molar-refractivity contribution is 7.89. The molecule has 0 saturated heterocycles. The largest absolute Gasteiger partial charge is 0.481 e. The predicted molar refractivity (Wildman–Crippen MR) is 64.5 cm³/mol. The van der Waals surface area contributed by atoms with E-state index < -0.39 is 28.4 Å². The second-order valence-corrected chi connectivity index (χ2v) is 5.66. The molecule has 1 rings (SSSR count). The van der Waals surface area contributed by atoms with Gasteiger partial charge in [0.25, 0.3) is 0 Å². The van der Waals surface area contributed by atoms with Crippen LogP contribution >= 0.6 is 0 Å². The van der Waals surface area contributed by atoms with Crippen LogP contribution in [-0.2, 0) is 14.8 Å². The molecule has 0 spiro atoms. The Hall–Kier alpha value is -1.51. The number of aliphatic carboxylic acids is 1. The minimum Gasteiger partial charge on any atom is -0.481 e. The van der Waals surface area contributed by atoms with Crippen molar-refractivity contribution in [1.82, 2.24) is 4.31 Å². The fourth-order valence-corrected chi connectivity index (χ4v) is 2.87. The summed E-state index contributed by atoms with van der Waals surface area (Å²) in [6, 6.07) is 4.19. The minimum atomic E-state index is -3.93. The Balaban J connectivity index is 2.98. The Morgan fingerprint density at radius 2 is 1.79 bits per heavy atom. The number of aliphatic hydroxyl groups is 1. The maximum Gasteiger partial charge on any atom is 0.304 e. The van der Waals surface area contributed by atoms with Crippen molar-refractivity contribution in [2.45, 2.75) is 11.3 Å². The van der Waals surface area contributed by atoms with Crippen LogP contribution in [0.25, 0.3) is 0 Å². The summed E-state index contributed by atoms with van der Waals surface area (Å²) in [6.07, 6.45) is -0.375. The molecule has 0 amide bonds. The van der Waals surface area contributed by atoms with Crippen molar-refractivity contribution in [1.29, 1.82) is 0 Å². The molecule has 0 fully saturated rings. The zero-order valence-corrected chi connectivity index (χ0v) is 10.8. The van der Waals surface area contributed by atoms with Gasteiger partial charge in [0.2, 0.25) is 10.0 Å². The van der Waals surface area contributed by atoms with E-state index in [1.807, 2.05) is 0 Å². The van der Waals surface area contributed by atoms with Gasteiger partial charge in [-0.25, -0.2) is 12.8 Å². The number of carboxylic acids is 1. The molecular weight excluding hydrogens is 277 g/mol. The maximum atomic E-state index is 12.8. The smallest absolute Gasteiger partial charge is 0.304 e. The molecule has 1 aromatic carbocycles. The third-order valence-corrected chi connectivity index (χ3v) is 4.29. The summed E-state index contributed by atoms with van der Waals surface area (Å²) in [4.78, 5) is 10.3. The van der Waals surface area contributed by atoms with E-state index in [-0.39, 0.29) is 24.4 Å². The van der Waals surface area contributed by atoms with Crippen LogP contribution in [0.4, 0.5) is 4.39 Å². The molecule has 0 aliphatic carbocycles. The van der Waals surface area contributed by atoms with Gasteiger partial charge in [-0.05, 0) is 24.3 Å². The summed E-state index contributed by atoms with van der Waals surface area (Å²) in [5, 5.41) is 17.4. The second kappa shape index (κ2) is 6.60. The van der Waals surface area contributed by atoms with E-state index in [1.54, 1.807) is 0 Å². The zero-order valence-electron chi connectivity index (χ0n) is 9.99. The molecule has 0 heterocycles. The van der Waals surface area contributed by atoms with Gasteiger partial charge in [-0.1, -0.05) is 0 Å². The van der Waals surface area contributed by atoms with Crippen LogP contribution in [0.3, 0.4) is 0 Å². The van der Waals surface area contributed by atoms with Crippen LogP contribution in [-0.4, -0.2) is 48.6 Å². The lowest BCUT2D eigenvalue weighted by Crippen LogP contribution is -2.35. The molecule has 106 valence electrons. The zero-order chi connectivity index (χ0) is 14.5. The van der Waals surface area contributed by atoms with Gasteiger partial charge in [0, 0.05) is 13.1 Å². The number of nitrogens with zero attached hydrogens (tertiary/aromatic N) is 1. The highest BCUT2D eigenvalue weighted by Crippen LogP contribution is 2.16. The number of benzene rings is 1. The van der Waals surface area contributed by atoms with Crippen molar-refractivity contribution in [3.63, 3.8) is 0 Å². The molecule has 2 N–H and O–H groups in total. The minimum absolute atomic E-state index is 0.146. The third kappa shape index (κ3) is 4.27. The maximum absolute atomic E-state index is 12.8. The molecule has 0 saturated carbocycles. The monoisotopic (exact) mass is 291 g/mol. The fourth-order valence-electron chi connectivity index (χ4n) is 1.44. The Labute approximate surface area is 110 Å². The standard InChI is InChI=1S/C11H14FNO5S/c12-9-1-3-10(4-2-9)19(17,18)13(7-8-14)6-5-11(15)16/h1-4,14H,5-8H2,(H,15,16). The van der Waals surface area contributed by atoms with Crippen molar-refractivity contribution in [2.75, 3.05) is 19.7 Å². The van der Waals surface area contributed by atoms with Gasteiger partial charge in [0.05, 0.1) is 17.9 Å². The lowest BCUT2D eigenvalue weighted by atomic mass is 10.4. The lowest BCUT2D eigenvalue weighted by Gasteiger charge is -2.20. The van der Waals surface area contributed by atoms with Gasteiger partial charge < -0.3 is 10.2 Å². The number of rotatable bonds is 7. The van der Waals surface area contributed by atoms with Crippen LogP contribution in [0.5, 0.6) is 0 Å². The van der Waals surface area contributed by atoms with Crippen molar-refractivity contribution >= 4 is 16.0 Å². The van der Waals surface area contributed by atoms with Gasteiger partial charge in [0.15, 0.2) is 0 Å². The SMILES string of the molecule is O=C(O)CCN(CCO)S(=O)(=O)c1ccc(F)cc1. The summed E-state index contributed by atoms with van der Waals surface area (Å²) < 4.78 is 37.9. The van der Waals surface area contributed by atoms with Gasteiger partial charge >= 0.3 is 5.97 Å². The van der Waals surface area contributed by atoms with Gasteiger partial charge in [-0.3, -0.25) is 4.79 Å². The Kier molecular flexibility index (Phi) is 5.40. The number of carbonyl (C=O) groups is 1. The van der Waals surface area contributed by atoms with Crippen LogP contribution in [0.1, 0.15) is 6.42 Å². The Morgan fingerprint density at radius 1 is 1.21 bits per heavy atom. The van der Waals surface area contributed by atoms with Crippen LogP contribution in [0.15, 0.2) is 29.2 Å². The first kappa shape index (κ1) is 15.5. The predicted octanol–water partition coefficient (Wildman–Crippen LogP) is 0.283. The van der Waals surface area contributed by atoms with Gasteiger partial charge in [0.1, 0.15) is 5.82 Å². The van der Waals surface area contributed by atoms with E-state index >= 15 is 0 Å². The van der Waals surface area contributed by atoms with E-state index in [0.29, 0.717) is 0 Å². The van der Waals surface area contributed by atoms with E-state index in [1.165, 1.54) is 0 Å². The molecule has 0 unspecified atom stereocenters. The van der Waals surface area contributed by atoms with Gasteiger partial charge in [-0.2, -0.15) is 4.31 Å². The van der Waals surface area contributed by atoms with Gasteiger partial charge in [-0.15, -0.1) is 0 Å². The highest BCUT2D eigenvalue weighted by Gasteiger charge is 2.24. The summed E-state index contributed by atoms with van der Waals surface area (Å²) >= 11 is 0. The Morgan fingerprint density at radius 3 is 2.26 bits per heavy atom. The van der Waals surface area contributed by atoms with Crippen molar-refractivity contribution in [3.05, 3.63) is 30.1 Å².